The van der Waals surface area contributed by atoms with Gasteiger partial charge in [-0.25, -0.2) is 14.3 Å². The van der Waals surface area contributed by atoms with Crippen molar-refractivity contribution < 1.29 is 33.0 Å². The van der Waals surface area contributed by atoms with Gasteiger partial charge in [0.15, 0.2) is 11.5 Å². The van der Waals surface area contributed by atoms with Crippen LogP contribution in [0.1, 0.15) is 17.7 Å². The van der Waals surface area contributed by atoms with Crippen LogP contribution in [-0.2, 0) is 15.6 Å². The zero-order valence-electron chi connectivity index (χ0n) is 13.8. The molecule has 2 aromatic rings. The van der Waals surface area contributed by atoms with Gasteiger partial charge in [0.05, 0.1) is 32.3 Å². The molecule has 0 bridgehead atoms. The van der Waals surface area contributed by atoms with Crippen molar-refractivity contribution >= 4 is 27.3 Å². The van der Waals surface area contributed by atoms with E-state index in [2.05, 4.69) is 4.84 Å². The number of hydrogen-bond acceptors (Lipinski definition) is 6. The molecule has 0 spiro atoms. The van der Waals surface area contributed by atoms with Gasteiger partial charge < -0.3 is 14.6 Å². The second-order valence-corrected chi connectivity index (χ2v) is 6.24. The van der Waals surface area contributed by atoms with Crippen molar-refractivity contribution in [1.29, 1.82) is 0 Å². The lowest BCUT2D eigenvalue weighted by Gasteiger charge is -2.14. The molecule has 0 radical (unpaired) electrons. The molecule has 0 unspecified atom stereocenters. The average Bonchev–Trinajstić information content (AvgIpc) is 3.02. The molecule has 1 heterocycles. The quantitative estimate of drug-likeness (QED) is 0.521. The maximum atomic E-state index is 14.4. The number of aliphatic hydroxyl groups excluding tert-OH is 1. The van der Waals surface area contributed by atoms with Gasteiger partial charge in [0.2, 0.25) is 5.91 Å². The van der Waals surface area contributed by atoms with Crippen molar-refractivity contribution in [3.63, 3.8) is 0 Å². The van der Waals surface area contributed by atoms with Crippen molar-refractivity contribution in [3.8, 4) is 11.5 Å². The number of rotatable bonds is 9. The summed E-state index contributed by atoms with van der Waals surface area (Å²) in [6, 6.07) is 4.68. The molecule has 0 atom stereocenters. The highest BCUT2D eigenvalue weighted by atomic mass is 32.1. The molecule has 25 heavy (non-hydrogen) atoms. The molecule has 2 N–H and O–H groups in total. The number of amides is 1. The lowest BCUT2D eigenvalue weighted by Crippen LogP contribution is -2.26. The Hall–Kier alpha value is -1.97. The van der Waals surface area contributed by atoms with Gasteiger partial charge in [-0.1, -0.05) is 0 Å². The third kappa shape index (κ3) is 4.77. The van der Waals surface area contributed by atoms with Gasteiger partial charge in [0.25, 0.3) is 5.92 Å². The van der Waals surface area contributed by atoms with Gasteiger partial charge in [0.1, 0.15) is 0 Å². The summed E-state index contributed by atoms with van der Waals surface area (Å²) in [5, 5.41) is 9.14. The van der Waals surface area contributed by atoms with Gasteiger partial charge >= 0.3 is 0 Å². The zero-order chi connectivity index (χ0) is 18.4. The monoisotopic (exact) mass is 375 g/mol. The number of carbonyl (C=O) groups is 1. The molecule has 0 fully saturated rings. The number of hydroxylamine groups is 1. The van der Waals surface area contributed by atoms with Gasteiger partial charge in [-0.2, -0.15) is 0 Å². The third-order valence-corrected chi connectivity index (χ3v) is 4.64. The maximum absolute atomic E-state index is 14.4. The second kappa shape index (κ2) is 8.41. The number of halogens is 2. The maximum Gasteiger partial charge on any atom is 0.282 e. The minimum Gasteiger partial charge on any atom is -0.493 e. The molecule has 1 aromatic heterocycles. The summed E-state index contributed by atoms with van der Waals surface area (Å²) in [7, 11) is 2.95. The summed E-state index contributed by atoms with van der Waals surface area (Å²) in [4.78, 5) is 15.9. The van der Waals surface area contributed by atoms with Gasteiger partial charge in [0, 0.05) is 23.6 Å². The van der Waals surface area contributed by atoms with Crippen LogP contribution in [0.2, 0.25) is 0 Å². The smallest absolute Gasteiger partial charge is 0.282 e. The van der Waals surface area contributed by atoms with Crippen LogP contribution in [0.15, 0.2) is 18.2 Å². The van der Waals surface area contributed by atoms with Gasteiger partial charge in [-0.05, 0) is 17.5 Å². The van der Waals surface area contributed by atoms with Crippen LogP contribution in [0, 0.1) is 0 Å². The van der Waals surface area contributed by atoms with E-state index in [4.69, 9.17) is 14.6 Å². The predicted molar refractivity (Wildman–Crippen MR) is 89.2 cm³/mol. The first-order valence-electron chi connectivity index (χ1n) is 7.46. The molecule has 0 aliphatic heterocycles. The molecule has 0 aliphatic rings. The van der Waals surface area contributed by atoms with E-state index in [1.807, 2.05) is 5.48 Å². The number of aliphatic hydroxyl groups is 1. The number of benzene rings is 1. The van der Waals surface area contributed by atoms with E-state index in [0.29, 0.717) is 21.6 Å². The SMILES string of the molecule is COc1cc2cc(C(F)(F)CCC(=O)NOCCO)sc2cc1OC. The first-order chi connectivity index (χ1) is 11.9. The number of hydrogen-bond donors (Lipinski definition) is 2. The van der Waals surface area contributed by atoms with Crippen molar-refractivity contribution in [3.05, 3.63) is 23.1 Å². The van der Waals surface area contributed by atoms with Crippen LogP contribution in [0.3, 0.4) is 0 Å². The Labute approximate surface area is 147 Å². The Bertz CT molecular complexity index is 694. The largest absolute Gasteiger partial charge is 0.493 e. The van der Waals surface area contributed by atoms with Crippen LogP contribution in [-0.4, -0.2) is 38.4 Å². The summed E-state index contributed by atoms with van der Waals surface area (Å²) in [5.74, 6) is -2.90. The molecule has 9 heteroatoms. The van der Waals surface area contributed by atoms with Crippen LogP contribution < -0.4 is 15.0 Å². The van der Waals surface area contributed by atoms with E-state index in [9.17, 15) is 13.6 Å². The molecule has 0 aliphatic carbocycles. The molecule has 1 amide bonds. The Kier molecular flexibility index (Phi) is 6.51. The summed E-state index contributed by atoms with van der Waals surface area (Å²) in [6.07, 6.45) is -1.05. The standard InChI is InChI=1S/C16H19F2NO5S/c1-22-11-7-10-8-14(25-13(10)9-12(11)23-2)16(17,18)4-3-15(21)19-24-6-5-20/h7-9,20H,3-6H2,1-2H3,(H,19,21). The number of ether oxygens (including phenoxy) is 2. The third-order valence-electron chi connectivity index (χ3n) is 3.43. The summed E-state index contributed by atoms with van der Waals surface area (Å²) in [6.45, 7) is -0.368. The highest BCUT2D eigenvalue weighted by Gasteiger charge is 2.34. The van der Waals surface area contributed by atoms with Crippen LogP contribution in [0.25, 0.3) is 10.1 Å². The number of carbonyl (C=O) groups excluding carboxylic acids is 1. The summed E-state index contributed by atoms with van der Waals surface area (Å²) >= 11 is 0.945. The summed E-state index contributed by atoms with van der Waals surface area (Å²) < 4.78 is 39.8. The van der Waals surface area contributed by atoms with Crippen LogP contribution >= 0.6 is 11.3 Å². The molecular formula is C16H19F2NO5S. The fourth-order valence-electron chi connectivity index (χ4n) is 2.17. The zero-order valence-corrected chi connectivity index (χ0v) is 14.6. The van der Waals surface area contributed by atoms with E-state index < -0.39 is 24.7 Å². The molecule has 138 valence electrons. The number of thiophene rings is 1. The van der Waals surface area contributed by atoms with Crippen molar-refractivity contribution in [2.45, 2.75) is 18.8 Å². The van der Waals surface area contributed by atoms with Crippen LogP contribution in [0.4, 0.5) is 8.78 Å². The number of nitrogens with one attached hydrogen (secondary N) is 1. The highest BCUT2D eigenvalue weighted by molar-refractivity contribution is 7.19. The molecular weight excluding hydrogens is 356 g/mol. The van der Waals surface area contributed by atoms with E-state index in [0.717, 1.165) is 11.3 Å². The Morgan fingerprint density at radius 2 is 1.92 bits per heavy atom. The van der Waals surface area contributed by atoms with Gasteiger partial charge in [-0.15, -0.1) is 11.3 Å². The minimum atomic E-state index is -3.15. The molecule has 6 nitrogen and oxygen atoms in total. The first kappa shape index (κ1) is 19.4. The van der Waals surface area contributed by atoms with E-state index in [1.54, 1.807) is 12.1 Å². The van der Waals surface area contributed by atoms with E-state index >= 15 is 0 Å². The van der Waals surface area contributed by atoms with Crippen molar-refractivity contribution in [1.82, 2.24) is 5.48 Å². The van der Waals surface area contributed by atoms with E-state index in [1.165, 1.54) is 20.3 Å². The highest BCUT2D eigenvalue weighted by Crippen LogP contribution is 2.43. The van der Waals surface area contributed by atoms with E-state index in [-0.39, 0.29) is 18.1 Å². The fraction of sp³-hybridized carbons (Fsp3) is 0.438. The van der Waals surface area contributed by atoms with Crippen molar-refractivity contribution in [2.75, 3.05) is 27.4 Å². The Morgan fingerprint density at radius 3 is 2.56 bits per heavy atom. The second-order valence-electron chi connectivity index (χ2n) is 5.16. The van der Waals surface area contributed by atoms with Crippen LogP contribution in [0.5, 0.6) is 11.5 Å². The topological polar surface area (TPSA) is 77.0 Å². The first-order valence-corrected chi connectivity index (χ1v) is 8.28. The number of alkyl halides is 2. The Balaban J connectivity index is 2.11. The van der Waals surface area contributed by atoms with Gasteiger partial charge in [-0.3, -0.25) is 9.63 Å². The molecule has 1 aromatic carbocycles. The summed E-state index contributed by atoms with van der Waals surface area (Å²) in [5.41, 5.74) is 2.00. The predicted octanol–water partition coefficient (Wildman–Crippen LogP) is 2.83. The van der Waals surface area contributed by atoms with Crippen molar-refractivity contribution in [2.24, 2.45) is 0 Å². The normalized spacial score (nSPS) is 11.6. The molecule has 0 saturated heterocycles. The number of fused-ring (bicyclic) bond motifs is 1. The Morgan fingerprint density at radius 1 is 1.24 bits per heavy atom. The lowest BCUT2D eigenvalue weighted by molar-refractivity contribution is -0.136. The fourth-order valence-corrected chi connectivity index (χ4v) is 3.24. The average molecular weight is 375 g/mol. The minimum absolute atomic E-state index is 0.0951. The molecule has 2 rings (SSSR count). The lowest BCUT2D eigenvalue weighted by atomic mass is 10.1. The molecule has 0 saturated carbocycles. The number of methoxy groups -OCH3 is 2.